The third kappa shape index (κ3) is 0.0351. The zero-order chi connectivity index (χ0) is 7.72. The largest absolute Gasteiger partial charge is 0.0149 e. The summed E-state index contributed by atoms with van der Waals surface area (Å²) in [6.45, 7) is 1.67. The van der Waals surface area contributed by atoms with Crippen LogP contribution in [-0.2, 0) is 6.51 Å². The number of hydrogen-bond acceptors (Lipinski definition) is 0. The topological polar surface area (TPSA) is 0 Å². The predicted molar refractivity (Wildman–Crippen MR) is 58.0 cm³/mol. The molecule has 0 aromatic carbocycles. The SMILES string of the molecule is C=C[C]12[CH]3[CH]4[CH]5[CH]1[Fe]45321678[CH]2[CH]1[CH]6[CH]7[CH]28.[SiH4]. The van der Waals surface area contributed by atoms with Crippen LogP contribution < -0.4 is 0 Å². The minimum atomic E-state index is -2.62. The van der Waals surface area contributed by atoms with Gasteiger partial charge in [0.25, 0.3) is 0 Å². The maximum Gasteiger partial charge on any atom is -0.0149 e. The van der Waals surface area contributed by atoms with E-state index in [0.717, 1.165) is 4.31 Å². The molecule has 10 aliphatic rings. The van der Waals surface area contributed by atoms with Crippen molar-refractivity contribution in [3.63, 3.8) is 0 Å². The van der Waals surface area contributed by atoms with Gasteiger partial charge in [-0.15, -0.1) is 0 Å². The van der Waals surface area contributed by atoms with Gasteiger partial charge < -0.3 is 0 Å². The van der Waals surface area contributed by atoms with Gasteiger partial charge in [0.05, 0.1) is 0 Å². The Morgan fingerprint density at radius 3 is 1.36 bits per heavy atom. The first kappa shape index (κ1) is 5.20. The van der Waals surface area contributed by atoms with Gasteiger partial charge >= 0.3 is 66.8 Å². The number of fused-ring (bicyclic) bond motifs is 10. The van der Waals surface area contributed by atoms with E-state index >= 15 is 0 Å². The number of allylic oxidation sites excluding steroid dienone is 1. The molecule has 0 radical (unpaired) electrons. The molecule has 10 heterocycles. The Labute approximate surface area is 77.8 Å². The zero-order valence-corrected chi connectivity index (χ0v) is 8.44. The Balaban J connectivity index is 0.000000484. The number of hydrogen-bond donors (Lipinski definition) is 0. The molecule has 0 N–H and O–H groups in total. The first-order valence-electron chi connectivity index (χ1n) is 5.95. The average molecular weight is 244 g/mol. The fourth-order valence-corrected chi connectivity index (χ4v) is 90.9. The van der Waals surface area contributed by atoms with Gasteiger partial charge in [-0.3, -0.25) is 0 Å². The van der Waals surface area contributed by atoms with Gasteiger partial charge in [-0.25, -0.2) is 0 Å². The van der Waals surface area contributed by atoms with Crippen LogP contribution in [0.1, 0.15) is 0 Å². The fourth-order valence-electron chi connectivity index (χ4n) is 16.9. The van der Waals surface area contributed by atoms with Gasteiger partial charge in [-0.2, -0.15) is 0 Å². The van der Waals surface area contributed by atoms with Crippen molar-refractivity contribution >= 4 is 11.0 Å². The molecule has 10 rings (SSSR count). The maximum absolute atomic E-state index is 4.29. The number of rotatable bonds is 1. The van der Waals surface area contributed by atoms with Crippen LogP contribution in [0.4, 0.5) is 0 Å². The molecule has 0 saturated carbocycles. The summed E-state index contributed by atoms with van der Waals surface area (Å²) in [5.74, 6) is 0. The quantitative estimate of drug-likeness (QED) is 0.491. The van der Waals surface area contributed by atoms with E-state index in [2.05, 4.69) is 12.7 Å². The van der Waals surface area contributed by atoms with Crippen LogP contribution >= 0.6 is 0 Å². The molecule has 0 aliphatic carbocycles. The standard InChI is InChI=1S/C7H7.C5H5.Fe.H4Si/c1-2-7-5-3-4-6-7;1-2-4-5-3-1;;/h2-6H,1H2;1-5H;;1H4. The normalized spacial score (nSPS) is 141. The second-order valence-corrected chi connectivity index (χ2v) is 33.5. The van der Waals surface area contributed by atoms with Crippen molar-refractivity contribution in [1.82, 2.24) is 0 Å². The van der Waals surface area contributed by atoms with E-state index in [1.807, 2.05) is 0 Å². The van der Waals surface area contributed by atoms with Gasteiger partial charge in [-0.1, -0.05) is 0 Å². The third-order valence-electron chi connectivity index (χ3n) is 15.1. The second-order valence-electron chi connectivity index (χ2n) is 9.94. The fraction of sp³-hybridized carbons (Fsp3) is 0.833. The average Bonchev–Trinajstić information content (AvgIpc) is 3.12. The maximum atomic E-state index is 4.29. The summed E-state index contributed by atoms with van der Waals surface area (Å²) in [5.41, 5.74) is 0. The summed E-state index contributed by atoms with van der Waals surface area (Å²) in [6.07, 6.45) is 2.57. The summed E-state index contributed by atoms with van der Waals surface area (Å²) in [5, 5.41) is 0. The first-order chi connectivity index (χ1) is 6.11. The monoisotopic (exact) mass is 244 g/mol. The minimum Gasteiger partial charge on any atom is -0.0149 e. The van der Waals surface area contributed by atoms with E-state index in [-0.39, 0.29) is 11.0 Å². The molecule has 76 valence electrons. The smallest absolute Gasteiger partial charge is 0.0149 e. The predicted octanol–water partition coefficient (Wildman–Crippen LogP) is 2.48. The van der Waals surface area contributed by atoms with Crippen LogP contribution in [0.2, 0.25) is 47.7 Å². The molecule has 14 heavy (non-hydrogen) atoms. The summed E-state index contributed by atoms with van der Waals surface area (Å²) >= 11 is 0. The summed E-state index contributed by atoms with van der Waals surface area (Å²) in [7, 11) is 0. The van der Waals surface area contributed by atoms with Gasteiger partial charge in [0.1, 0.15) is 0 Å². The molecule has 4 atom stereocenters. The van der Waals surface area contributed by atoms with Crippen LogP contribution in [0.25, 0.3) is 0 Å². The molecule has 10 fully saturated rings. The molecule has 0 nitrogen and oxygen atoms in total. The van der Waals surface area contributed by atoms with Crippen LogP contribution in [0.5, 0.6) is 0 Å². The summed E-state index contributed by atoms with van der Waals surface area (Å²) in [4.78, 5) is 13.3. The molecule has 1 spiro atoms. The third-order valence-corrected chi connectivity index (χ3v) is 57.6. The van der Waals surface area contributed by atoms with E-state index in [1.54, 1.807) is 0 Å². The van der Waals surface area contributed by atoms with Crippen molar-refractivity contribution in [2.75, 3.05) is 0 Å². The molecular formula is C12H16FeSi. The molecule has 10 aliphatic heterocycles. The van der Waals surface area contributed by atoms with Crippen molar-refractivity contribution in [2.24, 2.45) is 0 Å². The molecule has 0 bridgehead atoms. The van der Waals surface area contributed by atoms with Gasteiger partial charge in [-0.05, 0) is 11.0 Å². The van der Waals surface area contributed by atoms with Gasteiger partial charge in [0.15, 0.2) is 0 Å². The van der Waals surface area contributed by atoms with Crippen molar-refractivity contribution < 1.29 is 6.51 Å². The molecule has 0 amide bonds. The van der Waals surface area contributed by atoms with Crippen molar-refractivity contribution in [3.05, 3.63) is 12.7 Å². The molecule has 4 unspecified atom stereocenters. The van der Waals surface area contributed by atoms with E-state index in [4.69, 9.17) is 0 Å². The molecule has 0 aromatic rings. The van der Waals surface area contributed by atoms with Crippen molar-refractivity contribution in [2.45, 2.75) is 47.7 Å². The summed E-state index contributed by atoms with van der Waals surface area (Å²) in [6, 6.07) is 0. The van der Waals surface area contributed by atoms with E-state index in [1.165, 1.54) is 43.3 Å². The molecule has 10 saturated heterocycles. The minimum absolute atomic E-state index is 0. The van der Waals surface area contributed by atoms with Crippen LogP contribution in [-0.4, -0.2) is 11.0 Å². The van der Waals surface area contributed by atoms with Gasteiger partial charge in [0, 0.05) is 0 Å². The van der Waals surface area contributed by atoms with Crippen LogP contribution in [0, 0.1) is 0 Å². The molecular weight excluding hydrogens is 228 g/mol. The van der Waals surface area contributed by atoms with Crippen molar-refractivity contribution in [3.8, 4) is 0 Å². The Morgan fingerprint density at radius 1 is 0.857 bits per heavy atom. The Kier molecular flexibility index (Phi) is 0.123. The molecule has 0 aromatic heterocycles. The Bertz CT molecular complexity index is 800. The van der Waals surface area contributed by atoms with Crippen LogP contribution in [0.3, 0.4) is 0 Å². The summed E-state index contributed by atoms with van der Waals surface area (Å²) < 4.78 is 0.999. The van der Waals surface area contributed by atoms with E-state index < -0.39 is 6.51 Å². The zero-order valence-electron chi connectivity index (χ0n) is 7.33. The van der Waals surface area contributed by atoms with Crippen molar-refractivity contribution in [1.29, 1.82) is 0 Å². The molecule has 2 heteroatoms. The van der Waals surface area contributed by atoms with E-state index in [0.29, 0.717) is 0 Å². The second kappa shape index (κ2) is 0.332. The Hall–Kier alpha value is 0.476. The van der Waals surface area contributed by atoms with Gasteiger partial charge in [0.2, 0.25) is 0 Å². The Morgan fingerprint density at radius 2 is 1.29 bits per heavy atom. The van der Waals surface area contributed by atoms with Crippen LogP contribution in [0.15, 0.2) is 12.7 Å². The first-order valence-corrected chi connectivity index (χ1v) is 12.2. The van der Waals surface area contributed by atoms with E-state index in [9.17, 15) is 0 Å².